The number of aromatic nitrogens is 1. The maximum atomic E-state index is 11.9. The number of aryl methyl sites for hydroxylation is 2. The van der Waals surface area contributed by atoms with Gasteiger partial charge in [-0.3, -0.25) is 4.79 Å². The van der Waals surface area contributed by atoms with Gasteiger partial charge in [0.2, 0.25) is 5.91 Å². The molecule has 0 bridgehead atoms. The number of carbonyl (C=O) groups is 1. The van der Waals surface area contributed by atoms with Crippen molar-refractivity contribution in [2.45, 2.75) is 58.4 Å². The second-order valence-electron chi connectivity index (χ2n) is 6.95. The minimum absolute atomic E-state index is 0.0498. The van der Waals surface area contributed by atoms with Crippen LogP contribution in [0.15, 0.2) is 4.42 Å². The summed E-state index contributed by atoms with van der Waals surface area (Å²) >= 11 is 0. The summed E-state index contributed by atoms with van der Waals surface area (Å²) in [6.45, 7) is 7.94. The first-order chi connectivity index (χ1) is 10.1. The number of rotatable bonds is 4. The Morgan fingerprint density at radius 1 is 1.41 bits per heavy atom. The maximum absolute atomic E-state index is 11.9. The molecule has 1 amide bonds. The maximum Gasteiger partial charge on any atom is 0.220 e. The van der Waals surface area contributed by atoms with E-state index < -0.39 is 9.84 Å². The molecule has 1 N–H and O–H groups in total. The Morgan fingerprint density at radius 2 is 2.09 bits per heavy atom. The molecule has 124 valence electrons. The van der Waals surface area contributed by atoms with Gasteiger partial charge in [0.25, 0.3) is 0 Å². The van der Waals surface area contributed by atoms with E-state index in [1.807, 2.05) is 27.7 Å². The van der Waals surface area contributed by atoms with Crippen LogP contribution in [0, 0.1) is 6.92 Å². The highest BCUT2D eigenvalue weighted by Crippen LogP contribution is 2.24. The summed E-state index contributed by atoms with van der Waals surface area (Å²) in [6.07, 6.45) is 1.25. The zero-order valence-corrected chi connectivity index (χ0v) is 14.4. The van der Waals surface area contributed by atoms with E-state index in [0.717, 1.165) is 11.5 Å². The molecule has 1 saturated heterocycles. The normalized spacial score (nSPS) is 21.0. The van der Waals surface area contributed by atoms with Crippen molar-refractivity contribution in [2.75, 3.05) is 11.5 Å². The van der Waals surface area contributed by atoms with Crippen LogP contribution in [0.5, 0.6) is 0 Å². The van der Waals surface area contributed by atoms with Crippen molar-refractivity contribution in [3.05, 3.63) is 17.3 Å². The van der Waals surface area contributed by atoms with E-state index in [9.17, 15) is 13.2 Å². The molecule has 1 aromatic heterocycles. The summed E-state index contributed by atoms with van der Waals surface area (Å²) in [5.41, 5.74) is 0.643. The molecule has 2 heterocycles. The Kier molecular flexibility index (Phi) is 4.65. The van der Waals surface area contributed by atoms with Crippen molar-refractivity contribution in [1.82, 2.24) is 10.3 Å². The summed E-state index contributed by atoms with van der Waals surface area (Å²) in [4.78, 5) is 16.3. The van der Waals surface area contributed by atoms with Crippen LogP contribution in [0.25, 0.3) is 0 Å². The molecule has 0 aromatic carbocycles. The first kappa shape index (κ1) is 17.0. The lowest BCUT2D eigenvalue weighted by Crippen LogP contribution is -2.35. The van der Waals surface area contributed by atoms with E-state index >= 15 is 0 Å². The third-order valence-electron chi connectivity index (χ3n) is 3.71. The van der Waals surface area contributed by atoms with E-state index in [-0.39, 0.29) is 35.3 Å². The molecular weight excluding hydrogens is 304 g/mol. The van der Waals surface area contributed by atoms with Gasteiger partial charge in [0, 0.05) is 24.3 Å². The molecule has 1 aliphatic heterocycles. The monoisotopic (exact) mass is 328 g/mol. The Hall–Kier alpha value is -1.37. The van der Waals surface area contributed by atoms with Crippen LogP contribution in [-0.2, 0) is 26.5 Å². The van der Waals surface area contributed by atoms with Gasteiger partial charge < -0.3 is 9.73 Å². The highest BCUT2D eigenvalue weighted by atomic mass is 32.2. The second-order valence-corrected chi connectivity index (χ2v) is 9.17. The fourth-order valence-electron chi connectivity index (χ4n) is 2.42. The lowest BCUT2D eigenvalue weighted by Gasteiger charge is -2.12. The standard InChI is InChI=1S/C15H24N2O4S/c1-10-12(21-14(16-10)15(2,3)4)5-6-13(18)17-11-7-8-22(19,20)9-11/h11H,5-9H2,1-4H3,(H,17,18). The van der Waals surface area contributed by atoms with Crippen molar-refractivity contribution in [3.63, 3.8) is 0 Å². The molecule has 6 nitrogen and oxygen atoms in total. The van der Waals surface area contributed by atoms with Crippen molar-refractivity contribution in [2.24, 2.45) is 0 Å². The van der Waals surface area contributed by atoms with E-state index in [1.165, 1.54) is 0 Å². The van der Waals surface area contributed by atoms with Crippen LogP contribution in [0.4, 0.5) is 0 Å². The molecule has 0 radical (unpaired) electrons. The first-order valence-corrected chi connectivity index (χ1v) is 9.35. The molecule has 1 aromatic rings. The highest BCUT2D eigenvalue weighted by Gasteiger charge is 2.29. The number of amides is 1. The number of hydrogen-bond acceptors (Lipinski definition) is 5. The Labute approximate surface area is 131 Å². The zero-order chi connectivity index (χ0) is 16.5. The van der Waals surface area contributed by atoms with Crippen LogP contribution in [0.1, 0.15) is 51.0 Å². The van der Waals surface area contributed by atoms with Crippen LogP contribution >= 0.6 is 0 Å². The lowest BCUT2D eigenvalue weighted by atomic mass is 9.97. The fraction of sp³-hybridized carbons (Fsp3) is 0.733. The summed E-state index contributed by atoms with van der Waals surface area (Å²) in [6, 6.07) is -0.251. The Morgan fingerprint density at radius 3 is 2.59 bits per heavy atom. The van der Waals surface area contributed by atoms with Crippen molar-refractivity contribution < 1.29 is 17.6 Å². The van der Waals surface area contributed by atoms with Gasteiger partial charge in [0.05, 0.1) is 17.2 Å². The largest absolute Gasteiger partial charge is 0.445 e. The van der Waals surface area contributed by atoms with Gasteiger partial charge in [0.15, 0.2) is 15.7 Å². The number of sulfone groups is 1. The molecule has 0 saturated carbocycles. The molecule has 1 fully saturated rings. The summed E-state index contributed by atoms with van der Waals surface area (Å²) in [7, 11) is -2.97. The third-order valence-corrected chi connectivity index (χ3v) is 5.48. The van der Waals surface area contributed by atoms with E-state index in [2.05, 4.69) is 10.3 Å². The quantitative estimate of drug-likeness (QED) is 0.905. The molecule has 1 unspecified atom stereocenters. The van der Waals surface area contributed by atoms with Gasteiger partial charge in [-0.1, -0.05) is 20.8 Å². The Bertz CT molecular complexity index is 656. The minimum Gasteiger partial charge on any atom is -0.445 e. The molecule has 0 spiro atoms. The van der Waals surface area contributed by atoms with E-state index in [1.54, 1.807) is 0 Å². The average Bonchev–Trinajstić information content (AvgIpc) is 2.89. The third kappa shape index (κ3) is 4.32. The molecule has 0 aliphatic carbocycles. The van der Waals surface area contributed by atoms with Gasteiger partial charge in [-0.2, -0.15) is 0 Å². The molecule has 7 heteroatoms. The Balaban J connectivity index is 1.88. The topological polar surface area (TPSA) is 89.3 Å². The van der Waals surface area contributed by atoms with Gasteiger partial charge in [0.1, 0.15) is 5.76 Å². The fourth-order valence-corrected chi connectivity index (χ4v) is 4.09. The minimum atomic E-state index is -2.97. The number of oxazole rings is 1. The van der Waals surface area contributed by atoms with Crippen molar-refractivity contribution in [3.8, 4) is 0 Å². The first-order valence-electron chi connectivity index (χ1n) is 7.53. The number of hydrogen-bond donors (Lipinski definition) is 1. The smallest absolute Gasteiger partial charge is 0.220 e. The second kappa shape index (κ2) is 6.02. The van der Waals surface area contributed by atoms with Gasteiger partial charge in [-0.25, -0.2) is 13.4 Å². The van der Waals surface area contributed by atoms with Gasteiger partial charge in [-0.15, -0.1) is 0 Å². The van der Waals surface area contributed by atoms with E-state index in [0.29, 0.717) is 18.7 Å². The molecule has 22 heavy (non-hydrogen) atoms. The predicted octanol–water partition coefficient (Wildman–Crippen LogP) is 1.52. The highest BCUT2D eigenvalue weighted by molar-refractivity contribution is 7.91. The van der Waals surface area contributed by atoms with Gasteiger partial charge in [-0.05, 0) is 13.3 Å². The number of nitrogens with one attached hydrogen (secondary N) is 1. The van der Waals surface area contributed by atoms with Crippen LogP contribution < -0.4 is 5.32 Å². The number of carbonyl (C=O) groups excluding carboxylic acids is 1. The molecule has 1 atom stereocenters. The van der Waals surface area contributed by atoms with E-state index in [4.69, 9.17) is 4.42 Å². The zero-order valence-electron chi connectivity index (χ0n) is 13.6. The summed E-state index contributed by atoms with van der Waals surface area (Å²) in [5.74, 6) is 1.46. The molecular formula is C15H24N2O4S. The van der Waals surface area contributed by atoms with Crippen LogP contribution in [0.2, 0.25) is 0 Å². The SMILES string of the molecule is Cc1nc(C(C)(C)C)oc1CCC(=O)NC1CCS(=O)(=O)C1. The van der Waals surface area contributed by atoms with Crippen molar-refractivity contribution >= 4 is 15.7 Å². The average molecular weight is 328 g/mol. The van der Waals surface area contributed by atoms with Crippen molar-refractivity contribution in [1.29, 1.82) is 0 Å². The van der Waals surface area contributed by atoms with Gasteiger partial charge >= 0.3 is 0 Å². The lowest BCUT2D eigenvalue weighted by molar-refractivity contribution is -0.121. The number of nitrogens with zero attached hydrogens (tertiary/aromatic N) is 1. The molecule has 2 rings (SSSR count). The molecule has 1 aliphatic rings. The van der Waals surface area contributed by atoms with Crippen LogP contribution in [-0.4, -0.2) is 36.9 Å². The summed E-state index contributed by atoms with van der Waals surface area (Å²) < 4.78 is 28.5. The van der Waals surface area contributed by atoms with Crippen LogP contribution in [0.3, 0.4) is 0 Å². The summed E-state index contributed by atoms with van der Waals surface area (Å²) in [5, 5.41) is 2.78. The predicted molar refractivity (Wildman–Crippen MR) is 83.5 cm³/mol.